The highest BCUT2D eigenvalue weighted by molar-refractivity contribution is 5.62. The molecule has 0 aliphatic heterocycles. The summed E-state index contributed by atoms with van der Waals surface area (Å²) in [5.41, 5.74) is 16.0. The van der Waals surface area contributed by atoms with Crippen LogP contribution in [0.4, 0.5) is 11.4 Å². The standard InChI is InChI=1S/C12H20N2/c1-4-8(3)11-7-10(13)6-9(5-2)12(11)14/h6-8H,4-5,13-14H2,1-3H3. The molecule has 0 radical (unpaired) electrons. The lowest BCUT2D eigenvalue weighted by molar-refractivity contribution is 0.735. The van der Waals surface area contributed by atoms with E-state index in [1.807, 2.05) is 12.1 Å². The first-order chi connectivity index (χ1) is 6.60. The number of benzene rings is 1. The van der Waals surface area contributed by atoms with Crippen LogP contribution in [0.15, 0.2) is 12.1 Å². The highest BCUT2D eigenvalue weighted by Gasteiger charge is 2.10. The summed E-state index contributed by atoms with van der Waals surface area (Å²) in [6, 6.07) is 3.98. The van der Waals surface area contributed by atoms with Crippen molar-refractivity contribution in [1.29, 1.82) is 0 Å². The van der Waals surface area contributed by atoms with E-state index in [4.69, 9.17) is 11.5 Å². The van der Waals surface area contributed by atoms with Gasteiger partial charge in [0.25, 0.3) is 0 Å². The minimum absolute atomic E-state index is 0.490. The van der Waals surface area contributed by atoms with Crippen LogP contribution in [0, 0.1) is 0 Å². The molecule has 1 atom stereocenters. The summed E-state index contributed by atoms with van der Waals surface area (Å²) in [5, 5.41) is 0. The first-order valence-electron chi connectivity index (χ1n) is 5.27. The molecular formula is C12H20N2. The largest absolute Gasteiger partial charge is 0.399 e. The first-order valence-corrected chi connectivity index (χ1v) is 5.27. The Balaban J connectivity index is 3.21. The predicted octanol–water partition coefficient (Wildman–Crippen LogP) is 2.93. The monoisotopic (exact) mass is 192 g/mol. The third kappa shape index (κ3) is 2.00. The third-order valence-electron chi connectivity index (χ3n) is 2.84. The first kappa shape index (κ1) is 10.9. The summed E-state index contributed by atoms with van der Waals surface area (Å²) in [5.74, 6) is 0.490. The molecule has 78 valence electrons. The lowest BCUT2D eigenvalue weighted by Crippen LogP contribution is -2.04. The fraction of sp³-hybridized carbons (Fsp3) is 0.500. The van der Waals surface area contributed by atoms with E-state index in [1.165, 1.54) is 11.1 Å². The molecule has 1 aromatic rings. The molecule has 1 aromatic carbocycles. The van der Waals surface area contributed by atoms with E-state index in [0.717, 1.165) is 24.2 Å². The molecule has 0 aromatic heterocycles. The SMILES string of the molecule is CCc1cc(N)cc(C(C)CC)c1N. The molecule has 0 aliphatic carbocycles. The fourth-order valence-corrected chi connectivity index (χ4v) is 1.68. The summed E-state index contributed by atoms with van der Waals surface area (Å²) >= 11 is 0. The lowest BCUT2D eigenvalue weighted by Gasteiger charge is -2.16. The van der Waals surface area contributed by atoms with Gasteiger partial charge in [0.15, 0.2) is 0 Å². The number of hydrogen-bond acceptors (Lipinski definition) is 2. The summed E-state index contributed by atoms with van der Waals surface area (Å²) in [4.78, 5) is 0. The molecule has 0 spiro atoms. The highest BCUT2D eigenvalue weighted by Crippen LogP contribution is 2.30. The number of nitrogen functional groups attached to an aromatic ring is 2. The van der Waals surface area contributed by atoms with E-state index in [2.05, 4.69) is 20.8 Å². The van der Waals surface area contributed by atoms with Crippen LogP contribution in [-0.4, -0.2) is 0 Å². The van der Waals surface area contributed by atoms with E-state index in [1.54, 1.807) is 0 Å². The van der Waals surface area contributed by atoms with Crippen molar-refractivity contribution in [2.75, 3.05) is 11.5 Å². The second-order valence-corrected chi connectivity index (χ2v) is 3.85. The van der Waals surface area contributed by atoms with Gasteiger partial charge in [-0.15, -0.1) is 0 Å². The smallest absolute Gasteiger partial charge is 0.0383 e. The van der Waals surface area contributed by atoms with Gasteiger partial charge in [0.05, 0.1) is 0 Å². The average molecular weight is 192 g/mol. The molecule has 14 heavy (non-hydrogen) atoms. The Kier molecular flexibility index (Phi) is 3.39. The maximum absolute atomic E-state index is 6.08. The van der Waals surface area contributed by atoms with Crippen molar-refractivity contribution < 1.29 is 0 Å². The zero-order valence-electron chi connectivity index (χ0n) is 9.30. The van der Waals surface area contributed by atoms with Gasteiger partial charge in [-0.2, -0.15) is 0 Å². The van der Waals surface area contributed by atoms with Crippen LogP contribution < -0.4 is 11.5 Å². The van der Waals surface area contributed by atoms with Crippen LogP contribution in [0.25, 0.3) is 0 Å². The topological polar surface area (TPSA) is 52.0 Å². The Bertz CT molecular complexity index is 318. The normalized spacial score (nSPS) is 12.8. The molecule has 1 rings (SSSR count). The summed E-state index contributed by atoms with van der Waals surface area (Å²) in [7, 11) is 0. The van der Waals surface area contributed by atoms with Gasteiger partial charge in [-0.3, -0.25) is 0 Å². The van der Waals surface area contributed by atoms with Crippen molar-refractivity contribution in [2.24, 2.45) is 0 Å². The van der Waals surface area contributed by atoms with Gasteiger partial charge >= 0.3 is 0 Å². The van der Waals surface area contributed by atoms with E-state index in [-0.39, 0.29) is 0 Å². The van der Waals surface area contributed by atoms with Crippen LogP contribution in [0.5, 0.6) is 0 Å². The summed E-state index contributed by atoms with van der Waals surface area (Å²) in [6.07, 6.45) is 2.04. The van der Waals surface area contributed by atoms with Gasteiger partial charge in [-0.05, 0) is 42.0 Å². The maximum atomic E-state index is 6.08. The van der Waals surface area contributed by atoms with Crippen molar-refractivity contribution in [3.05, 3.63) is 23.3 Å². The van der Waals surface area contributed by atoms with Crippen molar-refractivity contribution in [3.63, 3.8) is 0 Å². The Labute approximate surface area is 86.3 Å². The Hall–Kier alpha value is -1.18. The lowest BCUT2D eigenvalue weighted by atomic mass is 9.93. The zero-order chi connectivity index (χ0) is 10.7. The second-order valence-electron chi connectivity index (χ2n) is 3.85. The number of aryl methyl sites for hydroxylation is 1. The second kappa shape index (κ2) is 4.36. The van der Waals surface area contributed by atoms with E-state index in [0.29, 0.717) is 5.92 Å². The van der Waals surface area contributed by atoms with Crippen LogP contribution in [-0.2, 0) is 6.42 Å². The molecule has 0 saturated carbocycles. The van der Waals surface area contributed by atoms with Gasteiger partial charge in [0.1, 0.15) is 0 Å². The van der Waals surface area contributed by atoms with E-state index < -0.39 is 0 Å². The number of rotatable bonds is 3. The number of anilines is 2. The fourth-order valence-electron chi connectivity index (χ4n) is 1.68. The molecule has 2 heteroatoms. The van der Waals surface area contributed by atoms with Gasteiger partial charge in [0, 0.05) is 11.4 Å². The van der Waals surface area contributed by atoms with Gasteiger partial charge in [0.2, 0.25) is 0 Å². The van der Waals surface area contributed by atoms with Crippen molar-refractivity contribution in [2.45, 2.75) is 39.5 Å². The van der Waals surface area contributed by atoms with Crippen molar-refractivity contribution in [1.82, 2.24) is 0 Å². The summed E-state index contributed by atoms with van der Waals surface area (Å²) < 4.78 is 0. The van der Waals surface area contributed by atoms with Crippen molar-refractivity contribution in [3.8, 4) is 0 Å². The molecule has 0 heterocycles. The molecule has 1 unspecified atom stereocenters. The van der Waals surface area contributed by atoms with Gasteiger partial charge in [-0.25, -0.2) is 0 Å². The van der Waals surface area contributed by atoms with Gasteiger partial charge in [-0.1, -0.05) is 20.8 Å². The molecule has 0 bridgehead atoms. The van der Waals surface area contributed by atoms with E-state index in [9.17, 15) is 0 Å². The Morgan fingerprint density at radius 2 is 1.86 bits per heavy atom. The van der Waals surface area contributed by atoms with Crippen LogP contribution in [0.1, 0.15) is 44.2 Å². The Morgan fingerprint density at radius 1 is 1.21 bits per heavy atom. The number of nitrogens with two attached hydrogens (primary N) is 2. The number of hydrogen-bond donors (Lipinski definition) is 2. The highest BCUT2D eigenvalue weighted by atomic mass is 14.6. The molecule has 2 nitrogen and oxygen atoms in total. The molecule has 0 fully saturated rings. The van der Waals surface area contributed by atoms with Crippen molar-refractivity contribution >= 4 is 11.4 Å². The van der Waals surface area contributed by atoms with Crippen LogP contribution in [0.2, 0.25) is 0 Å². The molecular weight excluding hydrogens is 172 g/mol. The maximum Gasteiger partial charge on any atom is 0.0383 e. The molecule has 0 amide bonds. The zero-order valence-corrected chi connectivity index (χ0v) is 9.30. The average Bonchev–Trinajstić information content (AvgIpc) is 2.19. The molecule has 0 aliphatic rings. The van der Waals surface area contributed by atoms with Crippen LogP contribution >= 0.6 is 0 Å². The van der Waals surface area contributed by atoms with E-state index >= 15 is 0 Å². The quantitative estimate of drug-likeness (QED) is 0.723. The minimum Gasteiger partial charge on any atom is -0.399 e. The molecule has 0 saturated heterocycles. The van der Waals surface area contributed by atoms with Crippen LogP contribution in [0.3, 0.4) is 0 Å². The summed E-state index contributed by atoms with van der Waals surface area (Å²) in [6.45, 7) is 6.45. The molecule has 4 N–H and O–H groups in total. The third-order valence-corrected chi connectivity index (χ3v) is 2.84. The van der Waals surface area contributed by atoms with Gasteiger partial charge < -0.3 is 11.5 Å². The Morgan fingerprint density at radius 3 is 2.36 bits per heavy atom. The minimum atomic E-state index is 0.490. The predicted molar refractivity (Wildman–Crippen MR) is 63.4 cm³/mol.